The van der Waals surface area contributed by atoms with Gasteiger partial charge in [0.15, 0.2) is 0 Å². The largest absolute Gasteiger partial charge is 0.481 e. The molecule has 0 radical (unpaired) electrons. The molecule has 0 aliphatic rings. The van der Waals surface area contributed by atoms with Gasteiger partial charge in [0.05, 0.1) is 12.8 Å². The van der Waals surface area contributed by atoms with Gasteiger partial charge < -0.3 is 15.3 Å². The molecule has 0 rings (SSSR count). The monoisotopic (exact) mass is 216 g/mol. The van der Waals surface area contributed by atoms with Gasteiger partial charge in [0, 0.05) is 5.57 Å². The van der Waals surface area contributed by atoms with Crippen molar-refractivity contribution in [3.05, 3.63) is 24.8 Å². The van der Waals surface area contributed by atoms with E-state index in [1.54, 1.807) is 0 Å². The number of carbonyl (C=O) groups is 3. The molecule has 0 aliphatic heterocycles. The molecule has 0 aliphatic carbocycles. The van der Waals surface area contributed by atoms with Crippen LogP contribution >= 0.6 is 0 Å². The van der Waals surface area contributed by atoms with Gasteiger partial charge in [-0.2, -0.15) is 0 Å². The van der Waals surface area contributed by atoms with Gasteiger partial charge in [-0.3, -0.25) is 9.59 Å². The lowest BCUT2D eigenvalue weighted by Gasteiger charge is -1.91. The maximum Gasteiger partial charge on any atom is 0.331 e. The van der Waals surface area contributed by atoms with Crippen molar-refractivity contribution >= 4 is 17.9 Å². The Morgan fingerprint density at radius 3 is 1.60 bits per heavy atom. The maximum absolute atomic E-state index is 9.87. The summed E-state index contributed by atoms with van der Waals surface area (Å²) in [6.45, 7) is 6.23. The lowest BCUT2D eigenvalue weighted by molar-refractivity contribution is -0.139. The number of hydrogen-bond donors (Lipinski definition) is 3. The molecule has 0 atom stereocenters. The fourth-order valence-electron chi connectivity index (χ4n) is 0.382. The molecular formula is C9H12O6. The van der Waals surface area contributed by atoms with Crippen LogP contribution in [0.5, 0.6) is 0 Å². The Morgan fingerprint density at radius 1 is 1.07 bits per heavy atom. The van der Waals surface area contributed by atoms with E-state index in [1.807, 2.05) is 0 Å². The van der Waals surface area contributed by atoms with Crippen LogP contribution in [0.25, 0.3) is 0 Å². The summed E-state index contributed by atoms with van der Waals surface area (Å²) in [6.07, 6.45) is 0.900. The fraction of sp³-hybridized carbons (Fsp3) is 0.222. The highest BCUT2D eigenvalue weighted by atomic mass is 16.4. The Kier molecular flexibility index (Phi) is 8.69. The predicted octanol–water partition coefficient (Wildman–Crippen LogP) is 0.749. The topological polar surface area (TPSA) is 112 Å². The van der Waals surface area contributed by atoms with Crippen molar-refractivity contribution in [2.24, 2.45) is 0 Å². The molecule has 0 aromatic carbocycles. The first-order chi connectivity index (χ1) is 6.81. The van der Waals surface area contributed by atoms with Crippen LogP contribution in [0.15, 0.2) is 24.8 Å². The number of aliphatic carboxylic acids is 3. The summed E-state index contributed by atoms with van der Waals surface area (Å²) in [5.74, 6) is -3.27. The molecule has 15 heavy (non-hydrogen) atoms. The maximum atomic E-state index is 9.87. The van der Waals surface area contributed by atoms with Crippen molar-refractivity contribution in [2.75, 3.05) is 0 Å². The highest BCUT2D eigenvalue weighted by Gasteiger charge is 2.07. The van der Waals surface area contributed by atoms with Crippen LogP contribution in [0.2, 0.25) is 0 Å². The summed E-state index contributed by atoms with van der Waals surface area (Å²) in [7, 11) is 0. The lowest BCUT2D eigenvalue weighted by atomic mass is 10.2. The van der Waals surface area contributed by atoms with Gasteiger partial charge in [-0.15, -0.1) is 6.58 Å². The molecule has 0 unspecified atom stereocenters. The van der Waals surface area contributed by atoms with E-state index < -0.39 is 24.3 Å². The summed E-state index contributed by atoms with van der Waals surface area (Å²) >= 11 is 0. The highest BCUT2D eigenvalue weighted by Crippen LogP contribution is 1.95. The first-order valence-electron chi connectivity index (χ1n) is 3.76. The van der Waals surface area contributed by atoms with Gasteiger partial charge in [-0.05, 0) is 0 Å². The minimum absolute atomic E-state index is 0.0556. The molecule has 0 fully saturated rings. The summed E-state index contributed by atoms with van der Waals surface area (Å²) in [4.78, 5) is 29.2. The third-order valence-corrected chi connectivity index (χ3v) is 0.986. The van der Waals surface area contributed by atoms with Gasteiger partial charge in [-0.25, -0.2) is 4.79 Å². The zero-order chi connectivity index (χ0) is 12.4. The molecule has 3 N–H and O–H groups in total. The normalized spacial score (nSPS) is 8.00. The van der Waals surface area contributed by atoms with Crippen LogP contribution in [0, 0.1) is 0 Å². The molecule has 0 heterocycles. The zero-order valence-electron chi connectivity index (χ0n) is 7.97. The van der Waals surface area contributed by atoms with E-state index in [1.165, 1.54) is 6.08 Å². The second-order valence-electron chi connectivity index (χ2n) is 2.37. The van der Waals surface area contributed by atoms with E-state index in [9.17, 15) is 14.4 Å². The van der Waals surface area contributed by atoms with Crippen molar-refractivity contribution in [1.82, 2.24) is 0 Å². The van der Waals surface area contributed by atoms with Gasteiger partial charge in [0.2, 0.25) is 0 Å². The fourth-order valence-corrected chi connectivity index (χ4v) is 0.382. The van der Waals surface area contributed by atoms with E-state index in [0.29, 0.717) is 0 Å². The minimum atomic E-state index is -1.27. The van der Waals surface area contributed by atoms with E-state index in [2.05, 4.69) is 13.2 Å². The quantitative estimate of drug-likeness (QED) is 0.461. The van der Waals surface area contributed by atoms with Crippen molar-refractivity contribution < 1.29 is 29.7 Å². The Morgan fingerprint density at radius 2 is 1.53 bits per heavy atom. The number of carboxylic acids is 3. The van der Waals surface area contributed by atoms with Crippen molar-refractivity contribution in [3.63, 3.8) is 0 Å². The molecule has 0 aromatic rings. The molecule has 6 heteroatoms. The average Bonchev–Trinajstić information content (AvgIpc) is 2.03. The standard InChI is InChI=1S/C5H6O4.C4H6O2/c1-3(5(8)9)2-4(6)7;1-2-3-4(5)6/h1-2H2,(H,6,7)(H,8,9);2H,1,3H2,(H,5,6). The van der Waals surface area contributed by atoms with Crippen LogP contribution in [-0.2, 0) is 14.4 Å². The Labute approximate surface area is 86.2 Å². The summed E-state index contributed by atoms with van der Waals surface area (Å²) < 4.78 is 0. The zero-order valence-corrected chi connectivity index (χ0v) is 7.97. The lowest BCUT2D eigenvalue weighted by Crippen LogP contribution is -2.04. The van der Waals surface area contributed by atoms with E-state index in [0.717, 1.165) is 0 Å². The van der Waals surface area contributed by atoms with Crippen LogP contribution in [-0.4, -0.2) is 33.2 Å². The second kappa shape index (κ2) is 8.49. The molecule has 6 nitrogen and oxygen atoms in total. The molecule has 84 valence electrons. The van der Waals surface area contributed by atoms with Crippen molar-refractivity contribution in [2.45, 2.75) is 12.8 Å². The molecular weight excluding hydrogens is 204 g/mol. The van der Waals surface area contributed by atoms with Gasteiger partial charge in [0.1, 0.15) is 0 Å². The van der Waals surface area contributed by atoms with Gasteiger partial charge in [0.25, 0.3) is 0 Å². The smallest absolute Gasteiger partial charge is 0.331 e. The molecule has 0 spiro atoms. The average molecular weight is 216 g/mol. The van der Waals surface area contributed by atoms with Gasteiger partial charge in [-0.1, -0.05) is 12.7 Å². The molecule has 0 aromatic heterocycles. The van der Waals surface area contributed by atoms with Gasteiger partial charge >= 0.3 is 17.9 Å². The summed E-state index contributed by atoms with van der Waals surface area (Å²) in [5, 5.41) is 23.9. The van der Waals surface area contributed by atoms with Crippen LogP contribution in [0.3, 0.4) is 0 Å². The SMILES string of the molecule is C=C(CC(=O)O)C(=O)O.C=CCC(=O)O. The van der Waals surface area contributed by atoms with Crippen LogP contribution < -0.4 is 0 Å². The minimum Gasteiger partial charge on any atom is -0.481 e. The molecule has 0 amide bonds. The molecule has 0 saturated heterocycles. The van der Waals surface area contributed by atoms with Crippen LogP contribution in [0.1, 0.15) is 12.8 Å². The van der Waals surface area contributed by atoms with E-state index in [4.69, 9.17) is 15.3 Å². The third kappa shape index (κ3) is 14.7. The van der Waals surface area contributed by atoms with Crippen molar-refractivity contribution in [3.8, 4) is 0 Å². The first-order valence-corrected chi connectivity index (χ1v) is 3.76. The number of rotatable bonds is 5. The van der Waals surface area contributed by atoms with Crippen molar-refractivity contribution in [1.29, 1.82) is 0 Å². The predicted molar refractivity (Wildman–Crippen MR) is 51.5 cm³/mol. The highest BCUT2D eigenvalue weighted by molar-refractivity contribution is 5.91. The summed E-state index contributed by atoms with van der Waals surface area (Å²) in [6, 6.07) is 0. The Bertz CT molecular complexity index is 278. The van der Waals surface area contributed by atoms with Crippen LogP contribution in [0.4, 0.5) is 0 Å². The molecule has 0 bridgehead atoms. The first kappa shape index (κ1) is 15.4. The number of hydrogen-bond acceptors (Lipinski definition) is 3. The third-order valence-electron chi connectivity index (χ3n) is 0.986. The number of carboxylic acid groups (broad SMARTS) is 3. The Balaban J connectivity index is 0. The van der Waals surface area contributed by atoms with E-state index in [-0.39, 0.29) is 12.0 Å². The molecule has 0 saturated carbocycles. The second-order valence-corrected chi connectivity index (χ2v) is 2.37. The Hall–Kier alpha value is -2.11. The summed E-state index contributed by atoms with van der Waals surface area (Å²) in [5.41, 5.74) is -0.303. The van der Waals surface area contributed by atoms with E-state index >= 15 is 0 Å².